The molecule has 2 aromatic carbocycles. The fraction of sp³-hybridized carbons (Fsp3) is 0.261. The van der Waals surface area contributed by atoms with Crippen LogP contribution in [0.3, 0.4) is 0 Å². The second-order valence-electron chi connectivity index (χ2n) is 6.67. The Kier molecular flexibility index (Phi) is 7.21. The molecule has 0 fully saturated rings. The molecule has 0 atom stereocenters. The van der Waals surface area contributed by atoms with Gasteiger partial charge < -0.3 is 20.7 Å². The molecule has 1 aliphatic rings. The van der Waals surface area contributed by atoms with Gasteiger partial charge in [0.05, 0.1) is 13.2 Å². The maximum atomic E-state index is 12.8. The zero-order chi connectivity index (χ0) is 21.3. The van der Waals surface area contributed by atoms with Gasteiger partial charge in [0.15, 0.2) is 5.96 Å². The summed E-state index contributed by atoms with van der Waals surface area (Å²) >= 11 is 0. The van der Waals surface area contributed by atoms with Crippen molar-refractivity contribution in [2.24, 2.45) is 4.99 Å². The summed E-state index contributed by atoms with van der Waals surface area (Å²) in [4.78, 5) is 28.6. The molecule has 1 aliphatic heterocycles. The second-order valence-corrected chi connectivity index (χ2v) is 6.67. The monoisotopic (exact) mass is 406 g/mol. The molecule has 1 amide bonds. The maximum Gasteiger partial charge on any atom is 0.330 e. The number of aryl methyl sites for hydroxylation is 1. The van der Waals surface area contributed by atoms with Crippen LogP contribution in [0.2, 0.25) is 0 Å². The molecule has 0 unspecified atom stereocenters. The number of anilines is 2. The van der Waals surface area contributed by atoms with Crippen molar-refractivity contribution >= 4 is 35.3 Å². The summed E-state index contributed by atoms with van der Waals surface area (Å²) < 4.78 is 4.90. The summed E-state index contributed by atoms with van der Waals surface area (Å²) in [7, 11) is 0. The normalized spacial score (nSPS) is 12.9. The Bertz CT molecular complexity index is 982. The fourth-order valence-electron chi connectivity index (χ4n) is 3.04. The van der Waals surface area contributed by atoms with E-state index in [1.54, 1.807) is 25.1 Å². The topological polar surface area (TPSA) is 91.8 Å². The highest BCUT2D eigenvalue weighted by Gasteiger charge is 2.11. The van der Waals surface area contributed by atoms with Crippen LogP contribution in [0.25, 0.3) is 6.08 Å². The van der Waals surface area contributed by atoms with E-state index in [0.717, 1.165) is 42.0 Å². The van der Waals surface area contributed by atoms with Gasteiger partial charge in [-0.25, -0.2) is 4.79 Å². The van der Waals surface area contributed by atoms with Crippen LogP contribution in [0.5, 0.6) is 0 Å². The summed E-state index contributed by atoms with van der Waals surface area (Å²) in [6, 6.07) is 12.9. The van der Waals surface area contributed by atoms with E-state index in [4.69, 9.17) is 4.74 Å². The molecule has 0 aromatic heterocycles. The number of esters is 1. The Labute approximate surface area is 176 Å². The molecule has 1 heterocycles. The second kappa shape index (κ2) is 10.2. The van der Waals surface area contributed by atoms with Crippen LogP contribution in [-0.4, -0.2) is 37.5 Å². The van der Waals surface area contributed by atoms with Crippen LogP contribution in [0.15, 0.2) is 53.5 Å². The summed E-state index contributed by atoms with van der Waals surface area (Å²) in [5, 5.41) is 9.30. The Morgan fingerprint density at radius 3 is 2.80 bits per heavy atom. The van der Waals surface area contributed by atoms with Crippen molar-refractivity contribution < 1.29 is 14.3 Å². The molecular formula is C23H26N4O3. The van der Waals surface area contributed by atoms with Gasteiger partial charge in [0.25, 0.3) is 5.91 Å². The first-order valence-electron chi connectivity index (χ1n) is 10.0. The van der Waals surface area contributed by atoms with Crippen LogP contribution in [0, 0.1) is 0 Å². The molecule has 3 rings (SSSR count). The first-order chi connectivity index (χ1) is 14.6. The van der Waals surface area contributed by atoms with Crippen molar-refractivity contribution in [2.75, 3.05) is 30.3 Å². The number of benzene rings is 2. The molecule has 0 saturated heterocycles. The summed E-state index contributed by atoms with van der Waals surface area (Å²) in [6.07, 6.45) is 3.85. The van der Waals surface area contributed by atoms with Gasteiger partial charge in [-0.15, -0.1) is 0 Å². The molecule has 156 valence electrons. The average molecular weight is 406 g/mol. The first-order valence-corrected chi connectivity index (χ1v) is 10.0. The summed E-state index contributed by atoms with van der Waals surface area (Å²) in [6.45, 7) is 5.68. The van der Waals surface area contributed by atoms with Gasteiger partial charge >= 0.3 is 5.97 Å². The minimum absolute atomic E-state index is 0.190. The lowest BCUT2D eigenvalue weighted by molar-refractivity contribution is -0.137. The third kappa shape index (κ3) is 5.70. The van der Waals surface area contributed by atoms with Crippen LogP contribution >= 0.6 is 0 Å². The van der Waals surface area contributed by atoms with E-state index in [2.05, 4.69) is 20.9 Å². The molecule has 2 aromatic rings. The third-order valence-corrected chi connectivity index (χ3v) is 4.52. The lowest BCUT2D eigenvalue weighted by atomic mass is 10.1. The van der Waals surface area contributed by atoms with Crippen LogP contribution in [0.4, 0.5) is 11.4 Å². The number of ether oxygens (including phenoxy) is 1. The SMILES string of the molecule is CCOC(=O)/C=C/c1ccc(NC(=O)c2cccc(NC3=NCCN3)c2)c(CC)c1. The minimum Gasteiger partial charge on any atom is -0.463 e. The number of amides is 1. The molecule has 0 aliphatic carbocycles. The number of aliphatic imine (C=N–C) groups is 1. The highest BCUT2D eigenvalue weighted by molar-refractivity contribution is 6.06. The molecule has 30 heavy (non-hydrogen) atoms. The quantitative estimate of drug-likeness (QED) is 0.484. The molecule has 0 radical (unpaired) electrons. The van der Waals surface area contributed by atoms with E-state index in [1.807, 2.05) is 37.3 Å². The van der Waals surface area contributed by atoms with Gasteiger partial charge in [-0.2, -0.15) is 0 Å². The number of rotatable bonds is 7. The van der Waals surface area contributed by atoms with Gasteiger partial charge in [0.2, 0.25) is 0 Å². The predicted molar refractivity (Wildman–Crippen MR) is 120 cm³/mol. The Hall–Kier alpha value is -3.61. The van der Waals surface area contributed by atoms with E-state index in [0.29, 0.717) is 18.1 Å². The van der Waals surface area contributed by atoms with Crippen molar-refractivity contribution in [2.45, 2.75) is 20.3 Å². The summed E-state index contributed by atoms with van der Waals surface area (Å²) in [5.74, 6) is 0.150. The number of guanidine groups is 1. The molecular weight excluding hydrogens is 380 g/mol. The van der Waals surface area contributed by atoms with Crippen molar-refractivity contribution in [3.05, 3.63) is 65.2 Å². The largest absolute Gasteiger partial charge is 0.463 e. The lowest BCUT2D eigenvalue weighted by Crippen LogP contribution is -2.26. The lowest BCUT2D eigenvalue weighted by Gasteiger charge is -2.12. The Morgan fingerprint density at radius 2 is 2.07 bits per heavy atom. The van der Waals surface area contributed by atoms with Crippen molar-refractivity contribution in [1.82, 2.24) is 5.32 Å². The number of carbonyl (C=O) groups is 2. The van der Waals surface area contributed by atoms with Crippen LogP contribution in [-0.2, 0) is 16.0 Å². The summed E-state index contributed by atoms with van der Waals surface area (Å²) in [5.41, 5.74) is 3.94. The molecule has 7 nitrogen and oxygen atoms in total. The van der Waals surface area contributed by atoms with Gasteiger partial charge in [0, 0.05) is 29.6 Å². The first kappa shape index (κ1) is 21.1. The number of carbonyl (C=O) groups excluding carboxylic acids is 2. The molecule has 3 N–H and O–H groups in total. The Morgan fingerprint density at radius 1 is 1.20 bits per heavy atom. The fourth-order valence-corrected chi connectivity index (χ4v) is 3.04. The average Bonchev–Trinajstić information content (AvgIpc) is 3.26. The molecule has 0 saturated carbocycles. The highest BCUT2D eigenvalue weighted by Crippen LogP contribution is 2.21. The van der Waals surface area contributed by atoms with Crippen molar-refractivity contribution in [1.29, 1.82) is 0 Å². The Balaban J connectivity index is 1.70. The predicted octanol–water partition coefficient (Wildman–Crippen LogP) is 3.45. The number of hydrogen-bond acceptors (Lipinski definition) is 6. The third-order valence-electron chi connectivity index (χ3n) is 4.52. The van der Waals surface area contributed by atoms with E-state index in [-0.39, 0.29) is 11.9 Å². The number of nitrogens with zero attached hydrogens (tertiary/aromatic N) is 1. The minimum atomic E-state index is -0.375. The highest BCUT2D eigenvalue weighted by atomic mass is 16.5. The standard InChI is InChI=1S/C23H26N4O3/c1-3-17-14-16(9-11-21(28)30-4-2)8-10-20(17)27-22(29)18-6-5-7-19(15-18)26-23-24-12-13-25-23/h5-11,14-15H,3-4,12-13H2,1-2H3,(H,27,29)(H2,24,25,26)/b11-9+. The van der Waals surface area contributed by atoms with Crippen LogP contribution < -0.4 is 16.0 Å². The van der Waals surface area contributed by atoms with Crippen molar-refractivity contribution in [3.8, 4) is 0 Å². The van der Waals surface area contributed by atoms with Crippen LogP contribution in [0.1, 0.15) is 35.3 Å². The number of nitrogens with one attached hydrogen (secondary N) is 3. The van der Waals surface area contributed by atoms with Gasteiger partial charge in [0.1, 0.15) is 0 Å². The molecule has 0 bridgehead atoms. The van der Waals surface area contributed by atoms with Gasteiger partial charge in [-0.05, 0) is 60.9 Å². The van der Waals surface area contributed by atoms with Crippen molar-refractivity contribution in [3.63, 3.8) is 0 Å². The smallest absolute Gasteiger partial charge is 0.330 e. The molecule has 7 heteroatoms. The van der Waals surface area contributed by atoms with E-state index >= 15 is 0 Å². The zero-order valence-corrected chi connectivity index (χ0v) is 17.2. The van der Waals surface area contributed by atoms with E-state index < -0.39 is 0 Å². The molecule has 0 spiro atoms. The maximum absolute atomic E-state index is 12.8. The van der Waals surface area contributed by atoms with E-state index in [9.17, 15) is 9.59 Å². The van der Waals surface area contributed by atoms with Gasteiger partial charge in [-0.1, -0.05) is 19.1 Å². The van der Waals surface area contributed by atoms with Gasteiger partial charge in [-0.3, -0.25) is 9.79 Å². The number of hydrogen-bond donors (Lipinski definition) is 3. The zero-order valence-electron chi connectivity index (χ0n) is 17.2. The van der Waals surface area contributed by atoms with E-state index in [1.165, 1.54) is 6.08 Å².